The van der Waals surface area contributed by atoms with E-state index in [2.05, 4.69) is 10.6 Å². The number of benzene rings is 1. The van der Waals surface area contributed by atoms with Gasteiger partial charge in [0.2, 0.25) is 0 Å². The maximum atomic E-state index is 11.8. The van der Waals surface area contributed by atoms with Crippen molar-refractivity contribution in [3.63, 3.8) is 0 Å². The third kappa shape index (κ3) is 7.25. The van der Waals surface area contributed by atoms with Gasteiger partial charge < -0.3 is 20.5 Å². The van der Waals surface area contributed by atoms with E-state index in [4.69, 9.17) is 9.84 Å². The van der Waals surface area contributed by atoms with Crippen LogP contribution >= 0.6 is 0 Å². The second-order valence-electron chi connectivity index (χ2n) is 5.81. The zero-order chi connectivity index (χ0) is 17.2. The van der Waals surface area contributed by atoms with Crippen LogP contribution in [0.3, 0.4) is 0 Å². The highest BCUT2D eigenvalue weighted by Gasteiger charge is 2.17. The van der Waals surface area contributed by atoms with E-state index in [1.54, 1.807) is 0 Å². The quantitative estimate of drug-likeness (QED) is 0.622. The number of amides is 2. The lowest BCUT2D eigenvalue weighted by Crippen LogP contribution is -2.42. The summed E-state index contributed by atoms with van der Waals surface area (Å²) in [6.45, 7) is 6.56. The molecule has 6 nitrogen and oxygen atoms in total. The molecule has 23 heavy (non-hydrogen) atoms. The predicted molar refractivity (Wildman–Crippen MR) is 87.8 cm³/mol. The topological polar surface area (TPSA) is 87.7 Å². The minimum Gasteiger partial charge on any atom is -0.394 e. The van der Waals surface area contributed by atoms with Gasteiger partial charge in [-0.2, -0.15) is 0 Å². The molecule has 0 bridgehead atoms. The summed E-state index contributed by atoms with van der Waals surface area (Å²) in [5.41, 5.74) is 2.00. The fourth-order valence-electron chi connectivity index (χ4n) is 1.89. The number of aryl methyl sites for hydroxylation is 1. The van der Waals surface area contributed by atoms with Crippen LogP contribution in [-0.4, -0.2) is 43.2 Å². The van der Waals surface area contributed by atoms with Gasteiger partial charge in [0.15, 0.2) is 0 Å². The Morgan fingerprint density at radius 1 is 1.09 bits per heavy atom. The van der Waals surface area contributed by atoms with E-state index in [0.29, 0.717) is 6.54 Å². The van der Waals surface area contributed by atoms with Crippen LogP contribution in [0.25, 0.3) is 0 Å². The summed E-state index contributed by atoms with van der Waals surface area (Å²) in [6.07, 6.45) is -0.412. The lowest BCUT2D eigenvalue weighted by Gasteiger charge is -2.19. The minimum absolute atomic E-state index is 0.106. The van der Waals surface area contributed by atoms with Gasteiger partial charge in [-0.15, -0.1) is 0 Å². The Bertz CT molecular complexity index is 500. The van der Waals surface area contributed by atoms with Gasteiger partial charge in [0.25, 0.3) is 0 Å². The van der Waals surface area contributed by atoms with E-state index >= 15 is 0 Å². The zero-order valence-corrected chi connectivity index (χ0v) is 14.0. The molecule has 6 heteroatoms. The van der Waals surface area contributed by atoms with Gasteiger partial charge in [0.1, 0.15) is 0 Å². The molecule has 3 N–H and O–H groups in total. The molecule has 1 aromatic carbocycles. The van der Waals surface area contributed by atoms with Crippen LogP contribution in [0.15, 0.2) is 24.3 Å². The molecule has 1 atom stereocenters. The third-order valence-electron chi connectivity index (χ3n) is 3.18. The van der Waals surface area contributed by atoms with Crippen molar-refractivity contribution in [3.8, 4) is 0 Å². The minimum atomic E-state index is -0.685. The molecular weight excluding hydrogens is 296 g/mol. The Labute approximate surface area is 137 Å². The SMILES string of the molecule is Cc1ccc(C(CNC(=O)C(=O)NCC(C)C)OCCO)cc1. The highest BCUT2D eigenvalue weighted by Crippen LogP contribution is 2.17. The number of hydrogen-bond acceptors (Lipinski definition) is 4. The number of rotatable bonds is 8. The largest absolute Gasteiger partial charge is 0.394 e. The summed E-state index contributed by atoms with van der Waals surface area (Å²) in [5, 5.41) is 14.1. The second-order valence-corrected chi connectivity index (χ2v) is 5.81. The van der Waals surface area contributed by atoms with Crippen molar-refractivity contribution in [1.82, 2.24) is 10.6 Å². The van der Waals surface area contributed by atoms with Crippen LogP contribution in [0.1, 0.15) is 31.1 Å². The van der Waals surface area contributed by atoms with Crippen LogP contribution in [0, 0.1) is 12.8 Å². The second kappa shape index (κ2) is 9.97. The summed E-state index contributed by atoms with van der Waals surface area (Å²) < 4.78 is 5.55. The zero-order valence-electron chi connectivity index (χ0n) is 14.0. The average molecular weight is 322 g/mol. The van der Waals surface area contributed by atoms with E-state index in [0.717, 1.165) is 11.1 Å². The number of ether oxygens (including phenoxy) is 1. The normalized spacial score (nSPS) is 12.0. The van der Waals surface area contributed by atoms with Crippen molar-refractivity contribution in [1.29, 1.82) is 0 Å². The van der Waals surface area contributed by atoms with Crippen molar-refractivity contribution in [2.75, 3.05) is 26.3 Å². The molecule has 0 aliphatic rings. The molecule has 1 rings (SSSR count). The van der Waals surface area contributed by atoms with E-state index in [1.165, 1.54) is 0 Å². The lowest BCUT2D eigenvalue weighted by molar-refractivity contribution is -0.139. The molecule has 1 unspecified atom stereocenters. The first-order valence-corrected chi connectivity index (χ1v) is 7.79. The van der Waals surface area contributed by atoms with Crippen molar-refractivity contribution in [3.05, 3.63) is 35.4 Å². The highest BCUT2D eigenvalue weighted by atomic mass is 16.5. The lowest BCUT2D eigenvalue weighted by atomic mass is 10.1. The number of aliphatic hydroxyl groups is 1. The molecule has 128 valence electrons. The highest BCUT2D eigenvalue weighted by molar-refractivity contribution is 6.35. The molecule has 0 heterocycles. The number of carbonyl (C=O) groups is 2. The van der Waals surface area contributed by atoms with Crippen LogP contribution in [-0.2, 0) is 14.3 Å². The smallest absolute Gasteiger partial charge is 0.309 e. The maximum Gasteiger partial charge on any atom is 0.309 e. The molecular formula is C17H26N2O4. The Balaban J connectivity index is 2.58. The first-order chi connectivity index (χ1) is 10.9. The maximum absolute atomic E-state index is 11.8. The Hall–Kier alpha value is -1.92. The van der Waals surface area contributed by atoms with Crippen LogP contribution in [0.4, 0.5) is 0 Å². The molecule has 0 fully saturated rings. The summed E-state index contributed by atoms with van der Waals surface area (Å²) in [5.74, 6) is -1.06. The van der Waals surface area contributed by atoms with Crippen molar-refractivity contribution < 1.29 is 19.4 Å². The Morgan fingerprint density at radius 3 is 2.17 bits per heavy atom. The Kier molecular flexibility index (Phi) is 8.29. The molecule has 0 saturated heterocycles. The molecule has 0 radical (unpaired) electrons. The van der Waals surface area contributed by atoms with Crippen LogP contribution < -0.4 is 10.6 Å². The summed E-state index contributed by atoms with van der Waals surface area (Å²) in [6, 6.07) is 7.70. The van der Waals surface area contributed by atoms with Gasteiger partial charge in [-0.25, -0.2) is 0 Å². The average Bonchev–Trinajstić information content (AvgIpc) is 2.53. The standard InChI is InChI=1S/C17H26N2O4/c1-12(2)10-18-16(21)17(22)19-11-15(23-9-8-20)14-6-4-13(3)5-7-14/h4-7,12,15,20H,8-11H2,1-3H3,(H,18,21)(H,19,22). The molecule has 1 aromatic rings. The van der Waals surface area contributed by atoms with Crippen molar-refractivity contribution >= 4 is 11.8 Å². The van der Waals surface area contributed by atoms with Gasteiger partial charge >= 0.3 is 11.8 Å². The van der Waals surface area contributed by atoms with Crippen molar-refractivity contribution in [2.24, 2.45) is 5.92 Å². The molecule has 0 spiro atoms. The first-order valence-electron chi connectivity index (χ1n) is 7.79. The summed E-state index contributed by atoms with van der Waals surface area (Å²) in [4.78, 5) is 23.4. The van der Waals surface area contributed by atoms with Crippen molar-refractivity contribution in [2.45, 2.75) is 26.9 Å². The predicted octanol–water partition coefficient (Wildman–Crippen LogP) is 0.933. The number of carbonyl (C=O) groups excluding carboxylic acids is 2. The van der Waals surface area contributed by atoms with Gasteiger partial charge in [0, 0.05) is 13.1 Å². The van der Waals surface area contributed by atoms with E-state index in [-0.39, 0.29) is 25.7 Å². The van der Waals surface area contributed by atoms with E-state index in [9.17, 15) is 9.59 Å². The van der Waals surface area contributed by atoms with Crippen LogP contribution in [0.5, 0.6) is 0 Å². The molecule has 0 saturated carbocycles. The fourth-order valence-corrected chi connectivity index (χ4v) is 1.89. The van der Waals surface area contributed by atoms with Crippen LogP contribution in [0.2, 0.25) is 0 Å². The monoisotopic (exact) mass is 322 g/mol. The van der Waals surface area contributed by atoms with Gasteiger partial charge in [-0.3, -0.25) is 9.59 Å². The van der Waals surface area contributed by atoms with Gasteiger partial charge in [-0.05, 0) is 18.4 Å². The summed E-state index contributed by atoms with van der Waals surface area (Å²) >= 11 is 0. The summed E-state index contributed by atoms with van der Waals surface area (Å²) in [7, 11) is 0. The number of nitrogens with one attached hydrogen (secondary N) is 2. The molecule has 0 aromatic heterocycles. The molecule has 0 aliphatic carbocycles. The third-order valence-corrected chi connectivity index (χ3v) is 3.18. The van der Waals surface area contributed by atoms with E-state index < -0.39 is 17.9 Å². The first kappa shape index (κ1) is 19.1. The number of hydrogen-bond donors (Lipinski definition) is 3. The van der Waals surface area contributed by atoms with E-state index in [1.807, 2.05) is 45.0 Å². The number of aliphatic hydroxyl groups excluding tert-OH is 1. The molecule has 2 amide bonds. The van der Waals surface area contributed by atoms with Gasteiger partial charge in [0.05, 0.1) is 19.3 Å². The Morgan fingerprint density at radius 2 is 1.65 bits per heavy atom. The van der Waals surface area contributed by atoms with Gasteiger partial charge in [-0.1, -0.05) is 43.7 Å². The molecule has 0 aliphatic heterocycles. The fraction of sp³-hybridized carbons (Fsp3) is 0.529.